The Morgan fingerprint density at radius 3 is 2.52 bits per heavy atom. The zero-order chi connectivity index (χ0) is 14.8. The van der Waals surface area contributed by atoms with Gasteiger partial charge in [-0.2, -0.15) is 0 Å². The monoisotopic (exact) mass is 289 g/mol. The zero-order valence-corrected chi connectivity index (χ0v) is 12.2. The molecule has 1 aromatic carbocycles. The fraction of sp³-hybridized carbons (Fsp3) is 0.588. The molecular weight excluding hydrogens is 266 g/mol. The van der Waals surface area contributed by atoms with Crippen molar-refractivity contribution in [3.63, 3.8) is 0 Å². The lowest BCUT2D eigenvalue weighted by Crippen LogP contribution is -2.38. The average Bonchev–Trinajstić information content (AvgIpc) is 3.08. The van der Waals surface area contributed by atoms with E-state index in [1.807, 2.05) is 12.1 Å². The largest absolute Gasteiger partial charge is 0.478 e. The van der Waals surface area contributed by atoms with Crippen LogP contribution in [0.1, 0.15) is 48.0 Å². The summed E-state index contributed by atoms with van der Waals surface area (Å²) >= 11 is 0. The molecule has 3 rings (SSSR count). The molecule has 4 nitrogen and oxygen atoms in total. The maximum Gasteiger partial charge on any atom is 0.335 e. The van der Waals surface area contributed by atoms with Gasteiger partial charge in [-0.15, -0.1) is 0 Å². The van der Waals surface area contributed by atoms with E-state index in [-0.39, 0.29) is 6.10 Å². The molecule has 0 spiro atoms. The van der Waals surface area contributed by atoms with Gasteiger partial charge in [0.2, 0.25) is 0 Å². The summed E-state index contributed by atoms with van der Waals surface area (Å²) in [6.07, 6.45) is 5.47. The predicted molar refractivity (Wildman–Crippen MR) is 80.2 cm³/mol. The fourth-order valence-electron chi connectivity index (χ4n) is 3.94. The lowest BCUT2D eigenvalue weighted by Gasteiger charge is -2.31. The zero-order valence-electron chi connectivity index (χ0n) is 12.2. The van der Waals surface area contributed by atoms with Gasteiger partial charge in [-0.05, 0) is 49.9 Å². The van der Waals surface area contributed by atoms with Crippen LogP contribution in [0.5, 0.6) is 0 Å². The number of aliphatic hydroxyl groups is 1. The highest BCUT2D eigenvalue weighted by Crippen LogP contribution is 2.36. The lowest BCUT2D eigenvalue weighted by molar-refractivity contribution is 0.0694. The highest BCUT2D eigenvalue weighted by Gasteiger charge is 2.37. The van der Waals surface area contributed by atoms with Gasteiger partial charge in [0, 0.05) is 18.5 Å². The van der Waals surface area contributed by atoms with Gasteiger partial charge in [0.1, 0.15) is 0 Å². The molecule has 2 aliphatic rings. The van der Waals surface area contributed by atoms with Gasteiger partial charge >= 0.3 is 5.97 Å². The molecule has 1 saturated heterocycles. The number of rotatable bonds is 4. The number of aromatic carboxylic acids is 1. The molecule has 21 heavy (non-hydrogen) atoms. The first-order valence-electron chi connectivity index (χ1n) is 7.89. The molecule has 2 fully saturated rings. The Morgan fingerprint density at radius 2 is 1.90 bits per heavy atom. The molecule has 0 bridgehead atoms. The van der Waals surface area contributed by atoms with Gasteiger partial charge in [-0.3, -0.25) is 4.90 Å². The van der Waals surface area contributed by atoms with E-state index in [4.69, 9.17) is 5.11 Å². The summed E-state index contributed by atoms with van der Waals surface area (Å²) in [4.78, 5) is 13.3. The number of hydrogen-bond acceptors (Lipinski definition) is 3. The second-order valence-corrected chi connectivity index (χ2v) is 6.34. The minimum atomic E-state index is -0.880. The molecule has 1 saturated carbocycles. The quantitative estimate of drug-likeness (QED) is 0.894. The Morgan fingerprint density at radius 1 is 1.14 bits per heavy atom. The molecule has 1 aromatic rings. The van der Waals surface area contributed by atoms with Crippen LogP contribution in [-0.4, -0.2) is 39.8 Å². The van der Waals surface area contributed by atoms with Crippen LogP contribution >= 0.6 is 0 Å². The molecule has 3 unspecified atom stereocenters. The molecule has 3 atom stereocenters. The highest BCUT2D eigenvalue weighted by molar-refractivity contribution is 5.87. The van der Waals surface area contributed by atoms with Crippen molar-refractivity contribution in [2.45, 2.75) is 50.8 Å². The van der Waals surface area contributed by atoms with Crippen molar-refractivity contribution in [3.8, 4) is 0 Å². The third-order valence-corrected chi connectivity index (χ3v) is 5.03. The summed E-state index contributed by atoms with van der Waals surface area (Å²) in [5, 5.41) is 19.1. The Hall–Kier alpha value is -1.39. The van der Waals surface area contributed by atoms with Gasteiger partial charge in [-0.25, -0.2) is 4.79 Å². The van der Waals surface area contributed by atoms with E-state index < -0.39 is 5.97 Å². The molecule has 1 aliphatic heterocycles. The third kappa shape index (κ3) is 3.11. The van der Waals surface area contributed by atoms with E-state index >= 15 is 0 Å². The van der Waals surface area contributed by atoms with Gasteiger partial charge in [0.05, 0.1) is 11.7 Å². The Balaban J connectivity index is 1.67. The van der Waals surface area contributed by atoms with Gasteiger partial charge < -0.3 is 10.2 Å². The Kier molecular flexibility index (Phi) is 4.27. The normalized spacial score (nSPS) is 29.9. The summed E-state index contributed by atoms with van der Waals surface area (Å²) in [6, 6.07) is 7.65. The standard InChI is InChI=1S/C17H23NO3/c19-16-5-1-3-14(16)15-4-2-10-18(15)11-12-6-8-13(9-7-12)17(20)21/h6-9,14-16,19H,1-5,10-11H2,(H,20,21). The van der Waals surface area contributed by atoms with Crippen LogP contribution in [0.15, 0.2) is 24.3 Å². The van der Waals surface area contributed by atoms with Crippen molar-refractivity contribution in [2.24, 2.45) is 5.92 Å². The first-order chi connectivity index (χ1) is 10.1. The minimum absolute atomic E-state index is 0.134. The summed E-state index contributed by atoms with van der Waals surface area (Å²) in [6.45, 7) is 1.93. The first-order valence-corrected chi connectivity index (χ1v) is 7.89. The first kappa shape index (κ1) is 14.5. The van der Waals surface area contributed by atoms with Gasteiger partial charge in [0.25, 0.3) is 0 Å². The van der Waals surface area contributed by atoms with E-state index in [0.29, 0.717) is 17.5 Å². The summed E-state index contributed by atoms with van der Waals surface area (Å²) in [7, 11) is 0. The number of likely N-dealkylation sites (tertiary alicyclic amines) is 1. The second-order valence-electron chi connectivity index (χ2n) is 6.34. The van der Waals surface area contributed by atoms with Crippen LogP contribution in [-0.2, 0) is 6.54 Å². The van der Waals surface area contributed by atoms with E-state index in [0.717, 1.165) is 37.9 Å². The molecular formula is C17H23NO3. The molecule has 1 heterocycles. The van der Waals surface area contributed by atoms with Crippen molar-refractivity contribution < 1.29 is 15.0 Å². The van der Waals surface area contributed by atoms with Crippen molar-refractivity contribution in [1.82, 2.24) is 4.90 Å². The number of carboxylic acid groups (broad SMARTS) is 1. The van der Waals surface area contributed by atoms with Crippen LogP contribution in [0.4, 0.5) is 0 Å². The Labute approximate surface area is 125 Å². The minimum Gasteiger partial charge on any atom is -0.478 e. The van der Waals surface area contributed by atoms with Gasteiger partial charge in [-0.1, -0.05) is 18.6 Å². The molecule has 4 heteroatoms. The van der Waals surface area contributed by atoms with Crippen LogP contribution < -0.4 is 0 Å². The van der Waals surface area contributed by atoms with Crippen molar-refractivity contribution in [2.75, 3.05) is 6.54 Å². The van der Waals surface area contributed by atoms with Crippen LogP contribution in [0.2, 0.25) is 0 Å². The summed E-state index contributed by atoms with van der Waals surface area (Å²) in [5.74, 6) is -0.458. The third-order valence-electron chi connectivity index (χ3n) is 5.03. The van der Waals surface area contributed by atoms with E-state index in [1.54, 1.807) is 12.1 Å². The van der Waals surface area contributed by atoms with Crippen LogP contribution in [0.25, 0.3) is 0 Å². The van der Waals surface area contributed by atoms with Crippen molar-refractivity contribution in [1.29, 1.82) is 0 Å². The predicted octanol–water partition coefficient (Wildman–Crippen LogP) is 2.51. The summed E-state index contributed by atoms with van der Waals surface area (Å²) in [5.41, 5.74) is 1.49. The average molecular weight is 289 g/mol. The number of aliphatic hydroxyl groups excluding tert-OH is 1. The molecule has 2 N–H and O–H groups in total. The Bertz CT molecular complexity index is 499. The number of carboxylic acids is 1. The van der Waals surface area contributed by atoms with E-state index in [1.165, 1.54) is 12.8 Å². The number of benzene rings is 1. The van der Waals surface area contributed by atoms with Gasteiger partial charge in [0.15, 0.2) is 0 Å². The SMILES string of the molecule is O=C(O)c1ccc(CN2CCCC2C2CCCC2O)cc1. The summed E-state index contributed by atoms with van der Waals surface area (Å²) < 4.78 is 0. The highest BCUT2D eigenvalue weighted by atomic mass is 16.4. The molecule has 0 radical (unpaired) electrons. The molecule has 0 aromatic heterocycles. The van der Waals surface area contributed by atoms with E-state index in [2.05, 4.69) is 4.90 Å². The lowest BCUT2D eigenvalue weighted by atomic mass is 9.94. The van der Waals surface area contributed by atoms with E-state index in [9.17, 15) is 9.90 Å². The maximum absolute atomic E-state index is 10.9. The second kappa shape index (κ2) is 6.16. The van der Waals surface area contributed by atoms with Crippen LogP contribution in [0.3, 0.4) is 0 Å². The van der Waals surface area contributed by atoms with Crippen LogP contribution in [0, 0.1) is 5.92 Å². The topological polar surface area (TPSA) is 60.8 Å². The number of nitrogens with zero attached hydrogens (tertiary/aromatic N) is 1. The van der Waals surface area contributed by atoms with Crippen molar-refractivity contribution >= 4 is 5.97 Å². The van der Waals surface area contributed by atoms with Crippen molar-refractivity contribution in [3.05, 3.63) is 35.4 Å². The molecule has 1 aliphatic carbocycles. The number of hydrogen-bond donors (Lipinski definition) is 2. The smallest absolute Gasteiger partial charge is 0.335 e. The molecule has 0 amide bonds. The fourth-order valence-corrected chi connectivity index (χ4v) is 3.94. The number of carbonyl (C=O) groups is 1. The molecule has 114 valence electrons. The maximum atomic E-state index is 10.9.